The molecule has 0 saturated heterocycles. The molecule has 0 aliphatic heterocycles. The third-order valence-electron chi connectivity index (χ3n) is 5.65. The Balaban J connectivity index is 1.41. The van der Waals surface area contributed by atoms with Crippen molar-refractivity contribution in [3.05, 3.63) is 23.2 Å². The molecule has 3 heterocycles. The van der Waals surface area contributed by atoms with Crippen LogP contribution in [0.4, 0.5) is 22.4 Å². The predicted octanol–water partition coefficient (Wildman–Crippen LogP) is 5.35. The van der Waals surface area contributed by atoms with E-state index < -0.39 is 5.60 Å². The van der Waals surface area contributed by atoms with Gasteiger partial charge in [-0.3, -0.25) is 5.10 Å². The number of thiophene rings is 1. The quantitative estimate of drug-likeness (QED) is 0.367. The first-order valence-electron chi connectivity index (χ1n) is 11.5. The van der Waals surface area contributed by atoms with Crippen LogP contribution in [-0.2, 0) is 4.74 Å². The van der Waals surface area contributed by atoms with Crippen molar-refractivity contribution >= 4 is 45.2 Å². The number of carbonyl (C=O) groups excluding carboxylic acids is 1. The number of ether oxygens (including phenoxy) is 1. The fourth-order valence-corrected chi connectivity index (χ4v) is 5.09. The fourth-order valence-electron chi connectivity index (χ4n) is 4.32. The van der Waals surface area contributed by atoms with E-state index in [1.54, 1.807) is 11.3 Å². The van der Waals surface area contributed by atoms with Crippen LogP contribution in [0.25, 0.3) is 10.2 Å². The van der Waals surface area contributed by atoms with Gasteiger partial charge in [-0.05, 0) is 71.2 Å². The molecule has 1 unspecified atom stereocenters. The van der Waals surface area contributed by atoms with Crippen LogP contribution in [0.5, 0.6) is 0 Å². The first kappa shape index (κ1) is 23.3. The number of aromatic nitrogens is 4. The highest BCUT2D eigenvalue weighted by molar-refractivity contribution is 7.17. The lowest BCUT2D eigenvalue weighted by molar-refractivity contribution is 0.0491. The van der Waals surface area contributed by atoms with Crippen LogP contribution in [0.2, 0.25) is 0 Å². The van der Waals surface area contributed by atoms with E-state index in [9.17, 15) is 4.79 Å². The van der Waals surface area contributed by atoms with Gasteiger partial charge < -0.3 is 20.7 Å². The van der Waals surface area contributed by atoms with Crippen molar-refractivity contribution in [2.45, 2.75) is 78.0 Å². The third-order valence-corrected chi connectivity index (χ3v) is 6.56. The molecule has 10 heteroatoms. The second-order valence-corrected chi connectivity index (χ2v) is 10.7. The molecule has 3 aromatic heterocycles. The molecule has 4 rings (SSSR count). The number of nitrogens with one attached hydrogen (secondary N) is 4. The number of rotatable bonds is 7. The molecule has 1 amide bonds. The molecule has 4 N–H and O–H groups in total. The highest BCUT2D eigenvalue weighted by Crippen LogP contribution is 2.32. The third kappa shape index (κ3) is 6.13. The Labute approximate surface area is 198 Å². The molecule has 0 spiro atoms. The van der Waals surface area contributed by atoms with Gasteiger partial charge in [0, 0.05) is 23.8 Å². The summed E-state index contributed by atoms with van der Waals surface area (Å²) < 4.78 is 6.44. The Morgan fingerprint density at radius 3 is 2.88 bits per heavy atom. The Bertz CT molecular complexity index is 1100. The lowest BCUT2D eigenvalue weighted by Gasteiger charge is -2.26. The maximum absolute atomic E-state index is 12.2. The molecule has 1 aliphatic rings. The Kier molecular flexibility index (Phi) is 6.73. The van der Waals surface area contributed by atoms with Crippen molar-refractivity contribution in [3.8, 4) is 0 Å². The van der Waals surface area contributed by atoms with Gasteiger partial charge in [-0.1, -0.05) is 6.42 Å². The normalized spacial score (nSPS) is 19.4. The molecule has 1 fully saturated rings. The predicted molar refractivity (Wildman–Crippen MR) is 132 cm³/mol. The van der Waals surface area contributed by atoms with Gasteiger partial charge in [0.2, 0.25) is 5.95 Å². The molecule has 0 aromatic carbocycles. The second-order valence-electron chi connectivity index (χ2n) is 9.82. The summed E-state index contributed by atoms with van der Waals surface area (Å²) in [6.07, 6.45) is 3.74. The number of fused-ring (bicyclic) bond motifs is 1. The average Bonchev–Trinajstić information content (AvgIpc) is 3.43. The SMILES string of the molecule is Cc1cc(Nc2nc(N[C@@H](C)C[C@@H]3CCCC3NC(=O)OC(C)(C)C)nc3ccsc23)n[nH]1. The molecule has 0 bridgehead atoms. The number of carbonyl (C=O) groups is 1. The second kappa shape index (κ2) is 9.54. The van der Waals surface area contributed by atoms with E-state index in [0.717, 1.165) is 53.2 Å². The molecular weight excluding hydrogens is 438 g/mol. The van der Waals surface area contributed by atoms with Crippen LogP contribution >= 0.6 is 11.3 Å². The number of hydrogen-bond acceptors (Lipinski definition) is 8. The highest BCUT2D eigenvalue weighted by atomic mass is 32.1. The van der Waals surface area contributed by atoms with Crippen LogP contribution in [0.3, 0.4) is 0 Å². The van der Waals surface area contributed by atoms with Crippen LogP contribution in [0, 0.1) is 12.8 Å². The van der Waals surface area contributed by atoms with Crippen molar-refractivity contribution in [3.63, 3.8) is 0 Å². The van der Waals surface area contributed by atoms with E-state index in [0.29, 0.717) is 11.9 Å². The van der Waals surface area contributed by atoms with Crippen LogP contribution in [0.15, 0.2) is 17.5 Å². The maximum atomic E-state index is 12.2. The Hall–Kier alpha value is -2.88. The Morgan fingerprint density at radius 2 is 2.15 bits per heavy atom. The molecular formula is C23H33N7O2S. The number of alkyl carbamates (subject to hydrolysis) is 1. The first-order valence-corrected chi connectivity index (χ1v) is 12.3. The molecule has 178 valence electrons. The van der Waals surface area contributed by atoms with Gasteiger partial charge in [0.1, 0.15) is 5.60 Å². The summed E-state index contributed by atoms with van der Waals surface area (Å²) in [6, 6.07) is 4.21. The standard InChI is InChI=1S/C23H33N7O2S/c1-13(11-15-7-6-8-16(15)26-22(31)32-23(3,4)5)24-21-25-17-9-10-33-19(17)20(28-21)27-18-12-14(2)29-30-18/h9-10,12-13,15-16H,6-8,11H2,1-5H3,(H,26,31)(H3,24,25,27,28,29,30)/t13-,15-,16?/m0/s1. The number of amides is 1. The number of H-pyrrole nitrogens is 1. The number of anilines is 3. The van der Waals surface area contributed by atoms with Crippen LogP contribution in [-0.4, -0.2) is 43.9 Å². The minimum absolute atomic E-state index is 0.129. The van der Waals surface area contributed by atoms with Crippen molar-refractivity contribution in [1.82, 2.24) is 25.5 Å². The largest absolute Gasteiger partial charge is 0.444 e. The van der Waals surface area contributed by atoms with Crippen LogP contribution in [0.1, 0.15) is 59.1 Å². The van der Waals surface area contributed by atoms with E-state index in [-0.39, 0.29) is 18.2 Å². The monoisotopic (exact) mass is 471 g/mol. The summed E-state index contributed by atoms with van der Waals surface area (Å²) in [4.78, 5) is 21.7. The van der Waals surface area contributed by atoms with E-state index in [1.165, 1.54) is 0 Å². The zero-order valence-electron chi connectivity index (χ0n) is 19.9. The van der Waals surface area contributed by atoms with Crippen molar-refractivity contribution in [1.29, 1.82) is 0 Å². The summed E-state index contributed by atoms with van der Waals surface area (Å²) >= 11 is 1.60. The van der Waals surface area contributed by atoms with Gasteiger partial charge in [0.05, 0.1) is 10.2 Å². The lowest BCUT2D eigenvalue weighted by atomic mass is 9.95. The summed E-state index contributed by atoms with van der Waals surface area (Å²) in [7, 11) is 0. The van der Waals surface area contributed by atoms with E-state index in [1.807, 2.05) is 45.2 Å². The lowest BCUT2D eigenvalue weighted by Crippen LogP contribution is -2.41. The summed E-state index contributed by atoms with van der Waals surface area (Å²) in [5.41, 5.74) is 1.38. The van der Waals surface area contributed by atoms with Gasteiger partial charge in [0.15, 0.2) is 11.6 Å². The zero-order chi connectivity index (χ0) is 23.6. The van der Waals surface area contributed by atoms with Gasteiger partial charge >= 0.3 is 6.09 Å². The number of hydrogen-bond donors (Lipinski definition) is 4. The smallest absolute Gasteiger partial charge is 0.407 e. The molecule has 3 aromatic rings. The van der Waals surface area contributed by atoms with Gasteiger partial charge in [-0.15, -0.1) is 11.3 Å². The molecule has 9 nitrogen and oxygen atoms in total. The van der Waals surface area contributed by atoms with Crippen molar-refractivity contribution in [2.75, 3.05) is 10.6 Å². The van der Waals surface area contributed by atoms with Crippen molar-refractivity contribution in [2.24, 2.45) is 5.92 Å². The molecule has 33 heavy (non-hydrogen) atoms. The number of nitrogens with zero attached hydrogens (tertiary/aromatic N) is 3. The maximum Gasteiger partial charge on any atom is 0.407 e. The molecule has 1 saturated carbocycles. The minimum Gasteiger partial charge on any atom is -0.444 e. The topological polar surface area (TPSA) is 117 Å². The Morgan fingerprint density at radius 1 is 1.33 bits per heavy atom. The first-order chi connectivity index (χ1) is 15.7. The molecule has 0 radical (unpaired) electrons. The van der Waals surface area contributed by atoms with E-state index in [4.69, 9.17) is 14.7 Å². The molecule has 3 atom stereocenters. The van der Waals surface area contributed by atoms with E-state index in [2.05, 4.69) is 33.1 Å². The average molecular weight is 472 g/mol. The fraction of sp³-hybridized carbons (Fsp3) is 0.565. The highest BCUT2D eigenvalue weighted by Gasteiger charge is 2.31. The number of aromatic amines is 1. The van der Waals surface area contributed by atoms with Gasteiger partial charge in [-0.2, -0.15) is 10.1 Å². The van der Waals surface area contributed by atoms with Crippen molar-refractivity contribution < 1.29 is 9.53 Å². The summed E-state index contributed by atoms with van der Waals surface area (Å²) in [5.74, 6) is 2.43. The van der Waals surface area contributed by atoms with Crippen LogP contribution < -0.4 is 16.0 Å². The van der Waals surface area contributed by atoms with Gasteiger partial charge in [0.25, 0.3) is 0 Å². The summed E-state index contributed by atoms with van der Waals surface area (Å²) in [6.45, 7) is 9.73. The minimum atomic E-state index is -0.495. The summed E-state index contributed by atoms with van der Waals surface area (Å²) in [5, 5.41) is 19.1. The molecule has 1 aliphatic carbocycles. The number of aryl methyl sites for hydroxylation is 1. The van der Waals surface area contributed by atoms with Gasteiger partial charge in [-0.25, -0.2) is 9.78 Å². The zero-order valence-corrected chi connectivity index (χ0v) is 20.7. The van der Waals surface area contributed by atoms with E-state index >= 15 is 0 Å².